The molecule has 1 fully saturated rings. The second-order valence-electron chi connectivity index (χ2n) is 10.8. The van der Waals surface area contributed by atoms with Crippen molar-refractivity contribution in [2.45, 2.75) is 13.0 Å². The van der Waals surface area contributed by atoms with E-state index in [0.717, 1.165) is 44.4 Å². The van der Waals surface area contributed by atoms with Crippen LogP contribution in [0.3, 0.4) is 0 Å². The van der Waals surface area contributed by atoms with Crippen molar-refractivity contribution in [3.8, 4) is 5.75 Å². The first kappa shape index (κ1) is 29.2. The highest BCUT2D eigenvalue weighted by Gasteiger charge is 2.33. The molecule has 3 aromatic carbocycles. The van der Waals surface area contributed by atoms with Crippen LogP contribution in [-0.4, -0.2) is 52.3 Å². The largest absolute Gasteiger partial charge is 0.497 e. The number of benzene rings is 3. The van der Waals surface area contributed by atoms with Crippen LogP contribution in [0.2, 0.25) is 0 Å². The van der Waals surface area contributed by atoms with Gasteiger partial charge in [0.05, 0.1) is 31.4 Å². The summed E-state index contributed by atoms with van der Waals surface area (Å²) in [6.45, 7) is 0.880. The lowest BCUT2D eigenvalue weighted by atomic mass is 10.1. The summed E-state index contributed by atoms with van der Waals surface area (Å²) >= 11 is 1.37. The quantitative estimate of drug-likeness (QED) is 0.132. The van der Waals surface area contributed by atoms with Crippen LogP contribution >= 0.6 is 11.8 Å². The number of fused-ring (bicyclic) bond motifs is 2. The summed E-state index contributed by atoms with van der Waals surface area (Å²) in [5.41, 5.74) is 4.82. The molecule has 46 heavy (non-hydrogen) atoms. The Balaban J connectivity index is 1.22. The molecule has 0 unspecified atom stereocenters. The van der Waals surface area contributed by atoms with Gasteiger partial charge in [-0.3, -0.25) is 9.69 Å². The van der Waals surface area contributed by atoms with E-state index in [9.17, 15) is 9.59 Å². The highest BCUT2D eigenvalue weighted by atomic mass is 32.2. The summed E-state index contributed by atoms with van der Waals surface area (Å²) in [6.07, 6.45) is 6.61. The molecule has 230 valence electrons. The molecular weight excluding hydrogens is 600 g/mol. The van der Waals surface area contributed by atoms with Crippen molar-refractivity contribution in [1.29, 1.82) is 0 Å². The Bertz CT molecular complexity index is 2140. The third-order valence-electron chi connectivity index (χ3n) is 7.95. The fourth-order valence-electron chi connectivity index (χ4n) is 5.63. The molecule has 0 spiro atoms. The van der Waals surface area contributed by atoms with Crippen LogP contribution in [0.4, 0.5) is 5.69 Å². The predicted molar refractivity (Wildman–Crippen MR) is 180 cm³/mol. The van der Waals surface area contributed by atoms with E-state index in [2.05, 4.69) is 11.1 Å². The highest BCUT2D eigenvalue weighted by molar-refractivity contribution is 8.18. The van der Waals surface area contributed by atoms with Gasteiger partial charge in [-0.15, -0.1) is 0 Å². The third kappa shape index (κ3) is 5.70. The molecule has 4 heterocycles. The molecule has 0 radical (unpaired) electrons. The minimum absolute atomic E-state index is 0.0947. The molecule has 1 amide bonds. The number of aliphatic imine (C=N–C) groups is 1. The number of rotatable bonds is 9. The number of hydrogen-bond donors (Lipinski definition) is 1. The summed E-state index contributed by atoms with van der Waals surface area (Å²) in [7, 11) is 2.95. The fraction of sp³-hybridized carbons (Fsp3) is 0.139. The summed E-state index contributed by atoms with van der Waals surface area (Å²) in [4.78, 5) is 36.5. The monoisotopic (exact) mass is 630 g/mol. The molecule has 3 aromatic heterocycles. The zero-order valence-corrected chi connectivity index (χ0v) is 26.0. The molecule has 6 aromatic rings. The van der Waals surface area contributed by atoms with Gasteiger partial charge < -0.3 is 23.4 Å². The van der Waals surface area contributed by atoms with E-state index in [1.165, 1.54) is 18.9 Å². The van der Waals surface area contributed by atoms with Crippen LogP contribution in [0, 0.1) is 0 Å². The smallest absolute Gasteiger partial charge is 0.373 e. The Kier molecular flexibility index (Phi) is 7.94. The number of aromatic nitrogens is 2. The standard InChI is InChI=1S/C36H30N4O5S/c1-43-26-13-11-25(12-14-26)38-36-40(18-17-23-20-37-30-9-5-3-7-28(23)30)34(41)33(46-36)19-24-21-39(31-10-6-4-8-29(24)31)22-27-15-16-32(45-27)35(42)44-2/h3-16,19-21,37H,17-18,22H2,1-2H3/b33-19-,38-36?. The lowest BCUT2D eigenvalue weighted by Crippen LogP contribution is -2.31. The van der Waals surface area contributed by atoms with Crippen molar-refractivity contribution >= 4 is 62.4 Å². The number of H-pyrrole nitrogens is 1. The Morgan fingerprint density at radius 2 is 1.76 bits per heavy atom. The van der Waals surface area contributed by atoms with Crippen molar-refractivity contribution in [3.05, 3.63) is 125 Å². The van der Waals surface area contributed by atoms with Crippen LogP contribution in [0.15, 0.2) is 112 Å². The number of thioether (sulfide) groups is 1. The van der Waals surface area contributed by atoms with E-state index >= 15 is 0 Å². The molecule has 10 heteroatoms. The molecule has 0 saturated carbocycles. The highest BCUT2D eigenvalue weighted by Crippen LogP contribution is 2.36. The zero-order chi connectivity index (χ0) is 31.6. The predicted octanol–water partition coefficient (Wildman–Crippen LogP) is 7.41. The molecular formula is C36H30N4O5S. The van der Waals surface area contributed by atoms with Gasteiger partial charge in [0.2, 0.25) is 5.76 Å². The normalized spacial score (nSPS) is 15.1. The molecule has 1 N–H and O–H groups in total. The minimum atomic E-state index is -0.521. The SMILES string of the molecule is COC(=O)c1ccc(Cn2cc(/C=C3\SC(=Nc4ccc(OC)cc4)N(CCc4c[nH]c5ccccc45)C3=O)c3ccccc32)o1. The van der Waals surface area contributed by atoms with E-state index in [-0.39, 0.29) is 11.7 Å². The molecule has 0 atom stereocenters. The fourth-order valence-corrected chi connectivity index (χ4v) is 6.65. The number of furan rings is 1. The van der Waals surface area contributed by atoms with Gasteiger partial charge in [-0.25, -0.2) is 9.79 Å². The van der Waals surface area contributed by atoms with Crippen molar-refractivity contribution < 1.29 is 23.5 Å². The first-order valence-electron chi connectivity index (χ1n) is 14.7. The van der Waals surface area contributed by atoms with Gasteiger partial charge >= 0.3 is 5.97 Å². The number of nitrogens with zero attached hydrogens (tertiary/aromatic N) is 3. The number of carbonyl (C=O) groups excluding carboxylic acids is 2. The van der Waals surface area contributed by atoms with Gasteiger partial charge in [-0.1, -0.05) is 36.4 Å². The minimum Gasteiger partial charge on any atom is -0.497 e. The number of methoxy groups -OCH3 is 2. The Morgan fingerprint density at radius 1 is 0.978 bits per heavy atom. The maximum Gasteiger partial charge on any atom is 0.373 e. The second kappa shape index (κ2) is 12.5. The van der Waals surface area contributed by atoms with E-state index in [4.69, 9.17) is 18.9 Å². The van der Waals surface area contributed by atoms with E-state index in [0.29, 0.717) is 35.3 Å². The van der Waals surface area contributed by atoms with Gasteiger partial charge in [0, 0.05) is 46.3 Å². The lowest BCUT2D eigenvalue weighted by molar-refractivity contribution is -0.122. The first-order chi connectivity index (χ1) is 22.5. The molecule has 0 aliphatic carbocycles. The summed E-state index contributed by atoms with van der Waals surface area (Å²) < 4.78 is 17.9. The number of amidine groups is 1. The zero-order valence-electron chi connectivity index (χ0n) is 25.2. The van der Waals surface area contributed by atoms with Crippen LogP contribution in [0.1, 0.15) is 27.4 Å². The van der Waals surface area contributed by atoms with Gasteiger partial charge in [0.25, 0.3) is 5.91 Å². The molecule has 7 rings (SSSR count). The lowest BCUT2D eigenvalue weighted by Gasteiger charge is -2.15. The topological polar surface area (TPSA) is 102 Å². The average molecular weight is 631 g/mol. The Labute approximate surface area is 269 Å². The maximum atomic E-state index is 14.0. The number of para-hydroxylation sites is 2. The number of amides is 1. The molecule has 0 bridgehead atoms. The van der Waals surface area contributed by atoms with E-state index < -0.39 is 5.97 Å². The van der Waals surface area contributed by atoms with Crippen LogP contribution in [-0.2, 0) is 22.5 Å². The van der Waals surface area contributed by atoms with Crippen LogP contribution < -0.4 is 4.74 Å². The van der Waals surface area contributed by atoms with Crippen LogP contribution in [0.5, 0.6) is 5.75 Å². The van der Waals surface area contributed by atoms with Gasteiger partial charge in [-0.2, -0.15) is 0 Å². The average Bonchev–Trinajstić information content (AvgIpc) is 3.87. The summed E-state index contributed by atoms with van der Waals surface area (Å²) in [5.74, 6) is 0.892. The van der Waals surface area contributed by atoms with Crippen molar-refractivity contribution in [1.82, 2.24) is 14.5 Å². The Morgan fingerprint density at radius 3 is 2.57 bits per heavy atom. The number of hydrogen-bond acceptors (Lipinski definition) is 7. The van der Waals surface area contributed by atoms with Gasteiger partial charge in [0.1, 0.15) is 11.5 Å². The number of esters is 1. The van der Waals surface area contributed by atoms with Gasteiger partial charge in [0.15, 0.2) is 5.17 Å². The van der Waals surface area contributed by atoms with E-state index in [1.807, 2.05) is 89.8 Å². The number of carbonyl (C=O) groups is 2. The molecule has 9 nitrogen and oxygen atoms in total. The third-order valence-corrected chi connectivity index (χ3v) is 8.95. The van der Waals surface area contributed by atoms with Crippen molar-refractivity contribution in [2.75, 3.05) is 20.8 Å². The first-order valence-corrected chi connectivity index (χ1v) is 15.6. The number of nitrogens with one attached hydrogen (secondary N) is 1. The summed E-state index contributed by atoms with van der Waals surface area (Å²) in [5, 5.41) is 2.76. The maximum absolute atomic E-state index is 14.0. The molecule has 1 aliphatic heterocycles. The van der Waals surface area contributed by atoms with E-state index in [1.54, 1.807) is 24.1 Å². The number of aromatic amines is 1. The van der Waals surface area contributed by atoms with Crippen LogP contribution in [0.25, 0.3) is 27.9 Å². The Hall–Kier alpha value is -5.48. The molecule has 1 aliphatic rings. The van der Waals surface area contributed by atoms with Crippen molar-refractivity contribution in [3.63, 3.8) is 0 Å². The van der Waals surface area contributed by atoms with Gasteiger partial charge in [-0.05, 0) is 78.4 Å². The van der Waals surface area contributed by atoms with Crippen molar-refractivity contribution in [2.24, 2.45) is 4.99 Å². The second-order valence-corrected chi connectivity index (χ2v) is 11.8. The molecule has 1 saturated heterocycles. The number of ether oxygens (including phenoxy) is 2. The summed E-state index contributed by atoms with van der Waals surface area (Å²) in [6, 6.07) is 27.0.